The van der Waals surface area contributed by atoms with Gasteiger partial charge >= 0.3 is 0 Å². The van der Waals surface area contributed by atoms with Crippen LogP contribution < -0.4 is 10.6 Å². The minimum atomic E-state index is -0.364. The highest BCUT2D eigenvalue weighted by atomic mass is 16.4. The molecule has 27 heavy (non-hydrogen) atoms. The molecular weight excluding hydrogens is 344 g/mol. The van der Waals surface area contributed by atoms with Crippen LogP contribution in [0.1, 0.15) is 70.8 Å². The zero-order valence-electron chi connectivity index (χ0n) is 15.7. The zero-order valence-corrected chi connectivity index (χ0v) is 15.7. The van der Waals surface area contributed by atoms with E-state index in [9.17, 15) is 14.7 Å². The molecule has 1 saturated carbocycles. The summed E-state index contributed by atoms with van der Waals surface area (Å²) in [5.41, 5.74) is 1.39. The van der Waals surface area contributed by atoms with Crippen molar-refractivity contribution >= 4 is 11.8 Å². The van der Waals surface area contributed by atoms with Crippen molar-refractivity contribution in [1.29, 1.82) is 0 Å². The Morgan fingerprint density at radius 1 is 1.11 bits per heavy atom. The third kappa shape index (κ3) is 4.39. The van der Waals surface area contributed by atoms with Crippen molar-refractivity contribution in [2.75, 3.05) is 7.05 Å². The maximum absolute atomic E-state index is 12.9. The molecule has 3 rings (SSSR count). The highest BCUT2D eigenvalue weighted by Crippen LogP contribution is 2.30. The van der Waals surface area contributed by atoms with Gasteiger partial charge in [-0.05, 0) is 31.2 Å². The van der Waals surface area contributed by atoms with Gasteiger partial charge in [0.15, 0.2) is 5.76 Å². The molecule has 1 fully saturated rings. The predicted molar refractivity (Wildman–Crippen MR) is 102 cm³/mol. The van der Waals surface area contributed by atoms with Crippen molar-refractivity contribution < 1.29 is 19.1 Å². The van der Waals surface area contributed by atoms with Crippen LogP contribution in [0, 0.1) is 0 Å². The summed E-state index contributed by atoms with van der Waals surface area (Å²) in [6, 6.07) is 11.3. The molecule has 3 N–H and O–H groups in total. The molecule has 0 radical (unpaired) electrons. The van der Waals surface area contributed by atoms with E-state index in [1.54, 1.807) is 0 Å². The molecule has 6 nitrogen and oxygen atoms in total. The fourth-order valence-corrected chi connectivity index (χ4v) is 3.52. The molecule has 1 aromatic carbocycles. The average molecular weight is 370 g/mol. The number of aliphatic hydroxyl groups is 1. The van der Waals surface area contributed by atoms with Gasteiger partial charge in [0.1, 0.15) is 5.76 Å². The van der Waals surface area contributed by atoms with Crippen molar-refractivity contribution in [2.45, 2.75) is 50.7 Å². The summed E-state index contributed by atoms with van der Waals surface area (Å²) in [5.74, 6) is -0.171. The number of rotatable bonds is 5. The Kier molecular flexibility index (Phi) is 5.96. The molecule has 1 atom stereocenters. The fourth-order valence-electron chi connectivity index (χ4n) is 3.52. The first kappa shape index (κ1) is 19.2. The van der Waals surface area contributed by atoms with E-state index in [0.29, 0.717) is 24.2 Å². The highest BCUT2D eigenvalue weighted by molar-refractivity contribution is 5.99. The molecule has 0 bridgehead atoms. The van der Waals surface area contributed by atoms with Gasteiger partial charge in [-0.3, -0.25) is 9.59 Å². The van der Waals surface area contributed by atoms with Gasteiger partial charge in [0, 0.05) is 25.1 Å². The number of amides is 2. The van der Waals surface area contributed by atoms with E-state index in [1.165, 1.54) is 13.1 Å². The first-order chi connectivity index (χ1) is 13.0. The lowest BCUT2D eigenvalue weighted by molar-refractivity contribution is 0.0864. The van der Waals surface area contributed by atoms with E-state index in [0.717, 1.165) is 18.4 Å². The van der Waals surface area contributed by atoms with E-state index in [4.69, 9.17) is 4.42 Å². The Balaban J connectivity index is 1.87. The minimum Gasteiger partial charge on any atom is -0.454 e. The first-order valence-corrected chi connectivity index (χ1v) is 9.39. The van der Waals surface area contributed by atoms with E-state index in [1.807, 2.05) is 37.3 Å². The van der Waals surface area contributed by atoms with E-state index in [-0.39, 0.29) is 35.6 Å². The lowest BCUT2D eigenvalue weighted by Gasteiger charge is -2.26. The molecule has 6 heteroatoms. The Hall–Kier alpha value is -2.60. The summed E-state index contributed by atoms with van der Waals surface area (Å²) in [5, 5.41) is 15.2. The maximum Gasteiger partial charge on any atom is 0.286 e. The van der Waals surface area contributed by atoms with E-state index >= 15 is 0 Å². The van der Waals surface area contributed by atoms with Gasteiger partial charge in [-0.25, -0.2) is 0 Å². The Morgan fingerprint density at radius 3 is 2.41 bits per heavy atom. The van der Waals surface area contributed by atoms with Crippen LogP contribution in [0.15, 0.2) is 40.8 Å². The predicted octanol–water partition coefficient (Wildman–Crippen LogP) is 2.82. The number of carbonyl (C=O) groups excluding carboxylic acids is 2. The van der Waals surface area contributed by atoms with Crippen LogP contribution in [0.25, 0.3) is 0 Å². The molecule has 144 valence electrons. The smallest absolute Gasteiger partial charge is 0.286 e. The second-order valence-electron chi connectivity index (χ2n) is 7.08. The molecule has 0 spiro atoms. The number of benzene rings is 1. The van der Waals surface area contributed by atoms with Crippen LogP contribution in [0.2, 0.25) is 0 Å². The molecule has 1 heterocycles. The van der Waals surface area contributed by atoms with E-state index < -0.39 is 0 Å². The molecule has 0 unspecified atom stereocenters. The molecule has 2 amide bonds. The Morgan fingerprint density at radius 2 is 1.78 bits per heavy atom. The first-order valence-electron chi connectivity index (χ1n) is 9.39. The zero-order chi connectivity index (χ0) is 19.4. The lowest BCUT2D eigenvalue weighted by atomic mass is 9.92. The quantitative estimate of drug-likeness (QED) is 0.755. The second kappa shape index (κ2) is 8.39. The molecular formula is C21H26N2O4. The van der Waals surface area contributed by atoms with Crippen molar-refractivity contribution in [3.63, 3.8) is 0 Å². The van der Waals surface area contributed by atoms with Crippen LogP contribution in [-0.2, 0) is 0 Å². The standard InChI is InChI=1S/C21H26N2O4/c1-13(14-6-4-3-5-7-14)19-17(12-18(27-19)21(26)22-2)20(25)23-15-8-10-16(24)11-9-15/h3-7,12-13,15-16,24H,8-11H2,1-2H3,(H,22,26)(H,23,25)/t13-,15?,16?/m0/s1. The molecule has 1 aliphatic carbocycles. The van der Waals surface area contributed by atoms with Gasteiger partial charge in [0.05, 0.1) is 11.7 Å². The van der Waals surface area contributed by atoms with Crippen LogP contribution in [-0.4, -0.2) is 36.1 Å². The minimum absolute atomic E-state index is 0.0270. The number of hydrogen-bond acceptors (Lipinski definition) is 4. The summed E-state index contributed by atoms with van der Waals surface area (Å²) < 4.78 is 5.80. The third-order valence-corrected chi connectivity index (χ3v) is 5.18. The summed E-state index contributed by atoms with van der Waals surface area (Å²) in [6.45, 7) is 1.95. The van der Waals surface area contributed by atoms with Crippen molar-refractivity contribution in [3.8, 4) is 0 Å². The third-order valence-electron chi connectivity index (χ3n) is 5.18. The van der Waals surface area contributed by atoms with Gasteiger partial charge in [-0.1, -0.05) is 37.3 Å². The van der Waals surface area contributed by atoms with Crippen LogP contribution in [0.5, 0.6) is 0 Å². The monoisotopic (exact) mass is 370 g/mol. The molecule has 1 aliphatic rings. The molecule has 0 saturated heterocycles. The number of nitrogens with one attached hydrogen (secondary N) is 2. The summed E-state index contributed by atoms with van der Waals surface area (Å²) >= 11 is 0. The number of aliphatic hydroxyl groups excluding tert-OH is 1. The molecule has 0 aliphatic heterocycles. The van der Waals surface area contributed by atoms with Crippen LogP contribution in [0.3, 0.4) is 0 Å². The fraction of sp³-hybridized carbons (Fsp3) is 0.429. The van der Waals surface area contributed by atoms with Crippen LogP contribution >= 0.6 is 0 Å². The topological polar surface area (TPSA) is 91.6 Å². The molecule has 1 aromatic heterocycles. The number of hydrogen-bond donors (Lipinski definition) is 3. The van der Waals surface area contributed by atoms with Crippen molar-refractivity contribution in [3.05, 3.63) is 59.0 Å². The van der Waals surface area contributed by atoms with Gasteiger partial charge in [-0.15, -0.1) is 0 Å². The van der Waals surface area contributed by atoms with Gasteiger partial charge in [0.2, 0.25) is 0 Å². The van der Waals surface area contributed by atoms with Crippen LogP contribution in [0.4, 0.5) is 0 Å². The molecule has 2 aromatic rings. The van der Waals surface area contributed by atoms with Gasteiger partial charge in [0.25, 0.3) is 11.8 Å². The van der Waals surface area contributed by atoms with Crippen molar-refractivity contribution in [2.24, 2.45) is 0 Å². The average Bonchev–Trinajstić information content (AvgIpc) is 3.15. The number of furan rings is 1. The van der Waals surface area contributed by atoms with Crippen molar-refractivity contribution in [1.82, 2.24) is 10.6 Å². The highest BCUT2D eigenvalue weighted by Gasteiger charge is 2.28. The van der Waals surface area contributed by atoms with E-state index in [2.05, 4.69) is 10.6 Å². The second-order valence-corrected chi connectivity index (χ2v) is 7.08. The summed E-state index contributed by atoms with van der Waals surface area (Å²) in [4.78, 5) is 24.9. The number of carbonyl (C=O) groups is 2. The maximum atomic E-state index is 12.9. The summed E-state index contributed by atoms with van der Waals surface area (Å²) in [6.07, 6.45) is 2.59. The largest absolute Gasteiger partial charge is 0.454 e. The SMILES string of the molecule is CNC(=O)c1cc(C(=O)NC2CCC(O)CC2)c([C@@H](C)c2ccccc2)o1. The van der Waals surface area contributed by atoms with Gasteiger partial charge in [-0.2, -0.15) is 0 Å². The summed E-state index contributed by atoms with van der Waals surface area (Å²) in [7, 11) is 1.53. The Bertz CT molecular complexity index is 792. The van der Waals surface area contributed by atoms with Gasteiger partial charge < -0.3 is 20.2 Å². The lowest BCUT2D eigenvalue weighted by Crippen LogP contribution is -2.38. The normalized spacial score (nSPS) is 20.7. The Labute approximate surface area is 159 Å².